The van der Waals surface area contributed by atoms with E-state index in [1.807, 2.05) is 6.92 Å². The minimum Gasteiger partial charge on any atom is -0.267 e. The second-order valence-corrected chi connectivity index (χ2v) is 8.89. The second-order valence-electron chi connectivity index (χ2n) is 4.62. The van der Waals surface area contributed by atoms with E-state index in [0.29, 0.717) is 12.2 Å². The number of rotatable bonds is 4. The summed E-state index contributed by atoms with van der Waals surface area (Å²) in [5.74, 6) is 0.237. The van der Waals surface area contributed by atoms with Crippen LogP contribution in [0.25, 0.3) is 0 Å². The molecule has 1 fully saturated rings. The van der Waals surface area contributed by atoms with Gasteiger partial charge in [-0.1, -0.05) is 6.92 Å². The zero-order valence-electron chi connectivity index (χ0n) is 10.6. The van der Waals surface area contributed by atoms with E-state index in [2.05, 4.69) is 14.9 Å². The van der Waals surface area contributed by atoms with Crippen LogP contribution in [0.2, 0.25) is 0 Å². The van der Waals surface area contributed by atoms with Crippen molar-refractivity contribution in [3.63, 3.8) is 0 Å². The van der Waals surface area contributed by atoms with Crippen LogP contribution in [0.4, 0.5) is 5.82 Å². The third-order valence-electron chi connectivity index (χ3n) is 3.28. The Labute approximate surface area is 112 Å². The van der Waals surface area contributed by atoms with Gasteiger partial charge >= 0.3 is 0 Å². The topological polar surface area (TPSA) is 109 Å². The molecule has 108 valence electrons. The van der Waals surface area contributed by atoms with Crippen molar-refractivity contribution >= 4 is 25.7 Å². The van der Waals surface area contributed by atoms with Crippen molar-refractivity contribution in [2.75, 3.05) is 16.2 Å². The van der Waals surface area contributed by atoms with Crippen LogP contribution in [-0.2, 0) is 26.3 Å². The van der Waals surface area contributed by atoms with Gasteiger partial charge in [-0.2, -0.15) is 5.10 Å². The summed E-state index contributed by atoms with van der Waals surface area (Å²) < 4.78 is 49.4. The smallest absolute Gasteiger partial charge is 0.236 e. The molecule has 1 aliphatic heterocycles. The van der Waals surface area contributed by atoms with E-state index in [1.54, 1.807) is 6.20 Å². The molecule has 2 N–H and O–H groups in total. The maximum atomic E-state index is 12.2. The van der Waals surface area contributed by atoms with Gasteiger partial charge in [0.2, 0.25) is 10.0 Å². The molecule has 0 spiro atoms. The minimum atomic E-state index is -3.57. The number of anilines is 1. The molecule has 0 amide bonds. The standard InChI is InChI=1S/C10H17N3O4S2/c1-2-8-7-11-12-10(8)13-19(16,17)9-3-5-18(14,15)6-4-9/h7,9H,2-6H2,1H3,(H2,11,12,13). The van der Waals surface area contributed by atoms with Gasteiger partial charge in [-0.3, -0.25) is 9.82 Å². The summed E-state index contributed by atoms with van der Waals surface area (Å²) in [6.07, 6.45) is 2.52. The number of aromatic amines is 1. The first-order chi connectivity index (χ1) is 8.84. The Balaban J connectivity index is 2.11. The fourth-order valence-corrected chi connectivity index (χ4v) is 5.35. The second kappa shape index (κ2) is 5.12. The van der Waals surface area contributed by atoms with Gasteiger partial charge in [-0.25, -0.2) is 16.8 Å². The van der Waals surface area contributed by atoms with Crippen LogP contribution < -0.4 is 4.72 Å². The first kappa shape index (κ1) is 14.3. The van der Waals surface area contributed by atoms with E-state index in [0.717, 1.165) is 5.56 Å². The van der Waals surface area contributed by atoms with E-state index in [9.17, 15) is 16.8 Å². The van der Waals surface area contributed by atoms with Gasteiger partial charge in [0.15, 0.2) is 0 Å². The molecule has 0 bridgehead atoms. The summed E-state index contributed by atoms with van der Waals surface area (Å²) in [4.78, 5) is 0. The lowest BCUT2D eigenvalue weighted by molar-refractivity contribution is 0.555. The van der Waals surface area contributed by atoms with E-state index in [-0.39, 0.29) is 24.3 Å². The first-order valence-electron chi connectivity index (χ1n) is 6.08. The fraction of sp³-hybridized carbons (Fsp3) is 0.700. The highest BCUT2D eigenvalue weighted by Crippen LogP contribution is 2.22. The number of sulfonamides is 1. The van der Waals surface area contributed by atoms with Gasteiger partial charge in [0, 0.05) is 5.56 Å². The number of aryl methyl sites for hydroxylation is 1. The van der Waals surface area contributed by atoms with Crippen LogP contribution >= 0.6 is 0 Å². The summed E-state index contributed by atoms with van der Waals surface area (Å²) >= 11 is 0. The highest BCUT2D eigenvalue weighted by atomic mass is 32.2. The Morgan fingerprint density at radius 2 is 2.05 bits per heavy atom. The van der Waals surface area contributed by atoms with Gasteiger partial charge in [0.1, 0.15) is 15.7 Å². The zero-order chi connectivity index (χ0) is 14.1. The molecule has 9 heteroatoms. The molecule has 2 heterocycles. The van der Waals surface area contributed by atoms with Gasteiger partial charge in [-0.15, -0.1) is 0 Å². The third-order valence-corrected chi connectivity index (χ3v) is 6.84. The van der Waals surface area contributed by atoms with Crippen molar-refractivity contribution < 1.29 is 16.8 Å². The van der Waals surface area contributed by atoms with Crippen molar-refractivity contribution in [3.05, 3.63) is 11.8 Å². The lowest BCUT2D eigenvalue weighted by Crippen LogP contribution is -2.36. The maximum Gasteiger partial charge on any atom is 0.236 e. The summed E-state index contributed by atoms with van der Waals surface area (Å²) in [5, 5.41) is 5.74. The monoisotopic (exact) mass is 307 g/mol. The van der Waals surface area contributed by atoms with E-state index in [1.165, 1.54) is 0 Å². The van der Waals surface area contributed by atoms with Crippen LogP contribution in [0.3, 0.4) is 0 Å². The predicted molar refractivity (Wildman–Crippen MR) is 72.2 cm³/mol. The molecule has 2 rings (SSSR count). The fourth-order valence-electron chi connectivity index (χ4n) is 2.07. The average molecular weight is 307 g/mol. The SMILES string of the molecule is CCc1cn[nH]c1NS(=O)(=O)C1CCS(=O)(=O)CC1. The number of nitrogens with one attached hydrogen (secondary N) is 2. The molecule has 1 aromatic rings. The Hall–Kier alpha value is -1.09. The molecular weight excluding hydrogens is 290 g/mol. The Kier molecular flexibility index (Phi) is 3.86. The summed E-state index contributed by atoms with van der Waals surface area (Å²) in [5.41, 5.74) is 0.784. The number of sulfone groups is 1. The third kappa shape index (κ3) is 3.27. The van der Waals surface area contributed by atoms with E-state index >= 15 is 0 Å². The van der Waals surface area contributed by atoms with Crippen LogP contribution in [0.5, 0.6) is 0 Å². The van der Waals surface area contributed by atoms with E-state index in [4.69, 9.17) is 0 Å². The number of nitrogens with zero attached hydrogens (tertiary/aromatic N) is 1. The Morgan fingerprint density at radius 1 is 1.42 bits per heavy atom. The highest BCUT2D eigenvalue weighted by molar-refractivity contribution is 7.94. The molecule has 0 aromatic carbocycles. The van der Waals surface area contributed by atoms with Gasteiger partial charge in [0.25, 0.3) is 0 Å². The molecule has 0 saturated carbocycles. The van der Waals surface area contributed by atoms with Crippen LogP contribution in [0.1, 0.15) is 25.3 Å². The summed E-state index contributed by atoms with van der Waals surface area (Å²) in [6, 6.07) is 0. The quantitative estimate of drug-likeness (QED) is 0.831. The van der Waals surface area contributed by atoms with Crippen molar-refractivity contribution in [2.45, 2.75) is 31.4 Å². The lowest BCUT2D eigenvalue weighted by Gasteiger charge is -2.22. The number of aromatic nitrogens is 2. The molecule has 19 heavy (non-hydrogen) atoms. The van der Waals surface area contributed by atoms with Crippen molar-refractivity contribution in [1.82, 2.24) is 10.2 Å². The van der Waals surface area contributed by atoms with Crippen LogP contribution in [0.15, 0.2) is 6.20 Å². The summed E-state index contributed by atoms with van der Waals surface area (Å²) in [7, 11) is -6.64. The van der Waals surface area contributed by atoms with Crippen LogP contribution in [0, 0.1) is 0 Å². The molecule has 7 nitrogen and oxygen atoms in total. The molecule has 0 atom stereocenters. The van der Waals surface area contributed by atoms with Crippen molar-refractivity contribution in [1.29, 1.82) is 0 Å². The van der Waals surface area contributed by atoms with Crippen molar-refractivity contribution in [3.8, 4) is 0 Å². The predicted octanol–water partition coefficient (Wildman–Crippen LogP) is 0.291. The van der Waals surface area contributed by atoms with Gasteiger partial charge < -0.3 is 0 Å². The minimum absolute atomic E-state index is 0.0673. The molecule has 1 aliphatic rings. The Bertz CT molecular complexity index is 634. The highest BCUT2D eigenvalue weighted by Gasteiger charge is 2.33. The molecule has 1 aromatic heterocycles. The largest absolute Gasteiger partial charge is 0.267 e. The zero-order valence-corrected chi connectivity index (χ0v) is 12.2. The molecule has 0 radical (unpaired) electrons. The lowest BCUT2D eigenvalue weighted by atomic mass is 10.2. The van der Waals surface area contributed by atoms with Crippen molar-refractivity contribution in [2.24, 2.45) is 0 Å². The number of hydrogen-bond acceptors (Lipinski definition) is 5. The molecular formula is C10H17N3O4S2. The number of hydrogen-bond donors (Lipinski definition) is 2. The summed E-state index contributed by atoms with van der Waals surface area (Å²) in [6.45, 7) is 1.90. The first-order valence-corrected chi connectivity index (χ1v) is 9.45. The maximum absolute atomic E-state index is 12.2. The molecule has 1 saturated heterocycles. The van der Waals surface area contributed by atoms with Crippen LogP contribution in [-0.4, -0.2) is 43.8 Å². The molecule has 0 unspecified atom stereocenters. The number of H-pyrrole nitrogens is 1. The van der Waals surface area contributed by atoms with Gasteiger partial charge in [0.05, 0.1) is 23.0 Å². The normalized spacial score (nSPS) is 20.3. The van der Waals surface area contributed by atoms with Gasteiger partial charge in [-0.05, 0) is 19.3 Å². The van der Waals surface area contributed by atoms with E-state index < -0.39 is 25.1 Å². The average Bonchev–Trinajstić information content (AvgIpc) is 2.75. The molecule has 0 aliphatic carbocycles. The Morgan fingerprint density at radius 3 is 2.63 bits per heavy atom.